The molecule has 5 heteroatoms. The number of aromatic nitrogens is 3. The summed E-state index contributed by atoms with van der Waals surface area (Å²) in [4.78, 5) is 4.38. The standard InChI is InChI=1S/C10H11ClN4/c11-7-3-4-15-10(5-7)13-9(14-15)6-12-8-1-2-8/h3-5,8,12H,1-2,6H2. The lowest BCUT2D eigenvalue weighted by Gasteiger charge is -1.95. The summed E-state index contributed by atoms with van der Waals surface area (Å²) in [5.74, 6) is 0.823. The minimum atomic E-state index is 0.681. The SMILES string of the molecule is Clc1ccn2nc(CNC3CC3)nc2c1. The molecule has 1 N–H and O–H groups in total. The third-order valence-corrected chi connectivity index (χ3v) is 2.70. The van der Waals surface area contributed by atoms with E-state index in [1.807, 2.05) is 12.3 Å². The fourth-order valence-corrected chi connectivity index (χ4v) is 1.65. The van der Waals surface area contributed by atoms with Crippen molar-refractivity contribution in [2.24, 2.45) is 0 Å². The Kier molecular flexibility index (Phi) is 2.11. The van der Waals surface area contributed by atoms with Crippen LogP contribution in [0.25, 0.3) is 5.65 Å². The van der Waals surface area contributed by atoms with Gasteiger partial charge in [0.1, 0.15) is 0 Å². The molecule has 1 saturated carbocycles. The van der Waals surface area contributed by atoms with Crippen LogP contribution in [0.2, 0.25) is 5.02 Å². The maximum Gasteiger partial charge on any atom is 0.165 e. The van der Waals surface area contributed by atoms with E-state index >= 15 is 0 Å². The van der Waals surface area contributed by atoms with Gasteiger partial charge in [-0.2, -0.15) is 0 Å². The third kappa shape index (κ3) is 1.96. The topological polar surface area (TPSA) is 42.2 Å². The molecule has 0 aromatic carbocycles. The van der Waals surface area contributed by atoms with Crippen LogP contribution in [0.1, 0.15) is 18.7 Å². The average molecular weight is 223 g/mol. The first kappa shape index (κ1) is 9.12. The predicted molar refractivity (Wildman–Crippen MR) is 57.9 cm³/mol. The van der Waals surface area contributed by atoms with Crippen LogP contribution in [0.4, 0.5) is 0 Å². The summed E-state index contributed by atoms with van der Waals surface area (Å²) >= 11 is 5.87. The molecule has 1 aliphatic rings. The number of pyridine rings is 1. The number of nitrogens with one attached hydrogen (secondary N) is 1. The zero-order valence-electron chi connectivity index (χ0n) is 8.15. The Bertz CT molecular complexity index is 489. The largest absolute Gasteiger partial charge is 0.307 e. The van der Waals surface area contributed by atoms with Crippen molar-refractivity contribution in [2.45, 2.75) is 25.4 Å². The van der Waals surface area contributed by atoms with Crippen molar-refractivity contribution in [1.29, 1.82) is 0 Å². The Balaban J connectivity index is 1.84. The van der Waals surface area contributed by atoms with Gasteiger partial charge in [0, 0.05) is 23.3 Å². The Morgan fingerprint density at radius 1 is 1.53 bits per heavy atom. The summed E-state index contributed by atoms with van der Waals surface area (Å²) in [6, 6.07) is 4.30. The summed E-state index contributed by atoms with van der Waals surface area (Å²) in [5.41, 5.74) is 0.801. The zero-order chi connectivity index (χ0) is 10.3. The summed E-state index contributed by atoms with van der Waals surface area (Å²) < 4.78 is 1.75. The highest BCUT2D eigenvalue weighted by Gasteiger charge is 2.20. The highest BCUT2D eigenvalue weighted by molar-refractivity contribution is 6.30. The van der Waals surface area contributed by atoms with E-state index in [1.54, 1.807) is 10.6 Å². The fourth-order valence-electron chi connectivity index (χ4n) is 1.50. The molecule has 0 bridgehead atoms. The molecule has 78 valence electrons. The first-order valence-corrected chi connectivity index (χ1v) is 5.43. The Morgan fingerprint density at radius 3 is 3.20 bits per heavy atom. The van der Waals surface area contributed by atoms with E-state index in [0.717, 1.165) is 18.0 Å². The smallest absolute Gasteiger partial charge is 0.165 e. The summed E-state index contributed by atoms with van der Waals surface area (Å²) in [7, 11) is 0. The lowest BCUT2D eigenvalue weighted by Crippen LogP contribution is -2.16. The minimum Gasteiger partial charge on any atom is -0.307 e. The number of nitrogens with zero attached hydrogens (tertiary/aromatic N) is 3. The normalized spacial score (nSPS) is 16.1. The van der Waals surface area contributed by atoms with Gasteiger partial charge in [0.15, 0.2) is 11.5 Å². The highest BCUT2D eigenvalue weighted by atomic mass is 35.5. The lowest BCUT2D eigenvalue weighted by atomic mass is 10.5. The van der Waals surface area contributed by atoms with Gasteiger partial charge in [-0.25, -0.2) is 9.50 Å². The van der Waals surface area contributed by atoms with Crippen LogP contribution in [0.3, 0.4) is 0 Å². The Morgan fingerprint density at radius 2 is 2.40 bits per heavy atom. The van der Waals surface area contributed by atoms with Gasteiger partial charge >= 0.3 is 0 Å². The number of halogens is 1. The lowest BCUT2D eigenvalue weighted by molar-refractivity contribution is 0.656. The maximum absolute atomic E-state index is 5.87. The van der Waals surface area contributed by atoms with E-state index in [2.05, 4.69) is 15.4 Å². The van der Waals surface area contributed by atoms with Crippen LogP contribution in [-0.2, 0) is 6.54 Å². The van der Waals surface area contributed by atoms with Crippen molar-refractivity contribution < 1.29 is 0 Å². The Labute approximate surface area is 92.3 Å². The molecule has 2 aromatic heterocycles. The number of rotatable bonds is 3. The van der Waals surface area contributed by atoms with Crippen LogP contribution in [0, 0.1) is 0 Å². The number of fused-ring (bicyclic) bond motifs is 1. The molecule has 2 heterocycles. The summed E-state index contributed by atoms with van der Waals surface area (Å²) in [5, 5.41) is 8.41. The molecule has 2 aromatic rings. The van der Waals surface area contributed by atoms with Crippen molar-refractivity contribution in [3.05, 3.63) is 29.2 Å². The number of hydrogen-bond acceptors (Lipinski definition) is 3. The first-order valence-electron chi connectivity index (χ1n) is 5.05. The molecule has 1 aliphatic carbocycles. The molecule has 0 unspecified atom stereocenters. The van der Waals surface area contributed by atoms with Crippen molar-refractivity contribution in [3.8, 4) is 0 Å². The second-order valence-electron chi connectivity index (χ2n) is 3.83. The number of hydrogen-bond donors (Lipinski definition) is 1. The molecule has 3 rings (SSSR count). The Hall–Kier alpha value is -1.13. The predicted octanol–water partition coefficient (Wildman–Crippen LogP) is 1.63. The molecular weight excluding hydrogens is 212 g/mol. The second kappa shape index (κ2) is 3.47. The van der Waals surface area contributed by atoms with Gasteiger partial charge < -0.3 is 5.32 Å². The maximum atomic E-state index is 5.87. The van der Waals surface area contributed by atoms with Crippen molar-refractivity contribution in [1.82, 2.24) is 19.9 Å². The quantitative estimate of drug-likeness (QED) is 0.859. The first-order chi connectivity index (χ1) is 7.31. The van der Waals surface area contributed by atoms with E-state index in [-0.39, 0.29) is 0 Å². The van der Waals surface area contributed by atoms with Gasteiger partial charge in [-0.1, -0.05) is 11.6 Å². The average Bonchev–Trinajstić information content (AvgIpc) is 2.95. The highest BCUT2D eigenvalue weighted by Crippen LogP contribution is 2.19. The molecule has 0 aliphatic heterocycles. The van der Waals surface area contributed by atoms with Gasteiger partial charge in [-0.15, -0.1) is 5.10 Å². The van der Waals surface area contributed by atoms with Crippen molar-refractivity contribution >= 4 is 17.2 Å². The molecule has 15 heavy (non-hydrogen) atoms. The van der Waals surface area contributed by atoms with Gasteiger partial charge in [0.2, 0.25) is 0 Å². The zero-order valence-corrected chi connectivity index (χ0v) is 8.91. The van der Waals surface area contributed by atoms with Crippen molar-refractivity contribution in [3.63, 3.8) is 0 Å². The van der Waals surface area contributed by atoms with E-state index in [9.17, 15) is 0 Å². The van der Waals surface area contributed by atoms with E-state index in [0.29, 0.717) is 11.1 Å². The second-order valence-corrected chi connectivity index (χ2v) is 4.27. The molecule has 0 saturated heterocycles. The van der Waals surface area contributed by atoms with Crippen LogP contribution < -0.4 is 5.32 Å². The van der Waals surface area contributed by atoms with Crippen LogP contribution in [0.5, 0.6) is 0 Å². The molecule has 0 spiro atoms. The van der Waals surface area contributed by atoms with E-state index in [4.69, 9.17) is 11.6 Å². The summed E-state index contributed by atoms with van der Waals surface area (Å²) in [6.07, 6.45) is 4.38. The van der Waals surface area contributed by atoms with Crippen molar-refractivity contribution in [2.75, 3.05) is 0 Å². The third-order valence-electron chi connectivity index (χ3n) is 2.47. The van der Waals surface area contributed by atoms with Gasteiger partial charge in [-0.3, -0.25) is 0 Å². The van der Waals surface area contributed by atoms with Crippen LogP contribution >= 0.6 is 11.6 Å². The molecule has 0 amide bonds. The van der Waals surface area contributed by atoms with Crippen LogP contribution in [-0.4, -0.2) is 20.6 Å². The molecule has 4 nitrogen and oxygen atoms in total. The minimum absolute atomic E-state index is 0.681. The van der Waals surface area contributed by atoms with Crippen LogP contribution in [0.15, 0.2) is 18.3 Å². The van der Waals surface area contributed by atoms with E-state index in [1.165, 1.54) is 12.8 Å². The van der Waals surface area contributed by atoms with Gasteiger partial charge in [-0.05, 0) is 18.9 Å². The van der Waals surface area contributed by atoms with E-state index < -0.39 is 0 Å². The molecule has 0 atom stereocenters. The molecular formula is C10H11ClN4. The fraction of sp³-hybridized carbons (Fsp3) is 0.400. The van der Waals surface area contributed by atoms with Gasteiger partial charge in [0.25, 0.3) is 0 Å². The summed E-state index contributed by atoms with van der Waals surface area (Å²) in [6.45, 7) is 0.740. The monoisotopic (exact) mass is 222 g/mol. The molecule has 0 radical (unpaired) electrons. The molecule has 1 fully saturated rings. The van der Waals surface area contributed by atoms with Gasteiger partial charge in [0.05, 0.1) is 6.54 Å².